The SMILES string of the molecule is CCC(C)[C@@H](NC(=O)CSCc1nc2ccccc2c(=O)[nH]1)C(=O)OC. The van der Waals surface area contributed by atoms with Crippen LogP contribution in [0.15, 0.2) is 29.1 Å². The molecule has 0 aliphatic heterocycles. The topological polar surface area (TPSA) is 101 Å². The molecule has 0 saturated carbocycles. The van der Waals surface area contributed by atoms with Crippen LogP contribution in [0, 0.1) is 5.92 Å². The molecule has 0 aliphatic rings. The molecule has 0 fully saturated rings. The number of benzene rings is 1. The third kappa shape index (κ3) is 5.08. The van der Waals surface area contributed by atoms with Gasteiger partial charge in [0, 0.05) is 0 Å². The second-order valence-electron chi connectivity index (χ2n) is 5.98. The Labute approximate surface area is 155 Å². The van der Waals surface area contributed by atoms with Gasteiger partial charge in [-0.2, -0.15) is 0 Å². The number of nitrogens with one attached hydrogen (secondary N) is 2. The minimum Gasteiger partial charge on any atom is -0.467 e. The number of para-hydroxylation sites is 1. The molecule has 0 bridgehead atoms. The monoisotopic (exact) mass is 377 g/mol. The van der Waals surface area contributed by atoms with Crippen LogP contribution in [0.4, 0.5) is 0 Å². The van der Waals surface area contributed by atoms with Gasteiger partial charge in [-0.3, -0.25) is 9.59 Å². The summed E-state index contributed by atoms with van der Waals surface area (Å²) in [5.74, 6) is 0.333. The van der Waals surface area contributed by atoms with E-state index in [4.69, 9.17) is 4.74 Å². The van der Waals surface area contributed by atoms with Crippen molar-refractivity contribution in [3.8, 4) is 0 Å². The lowest BCUT2D eigenvalue weighted by molar-refractivity contribution is -0.146. The first kappa shape index (κ1) is 20.0. The van der Waals surface area contributed by atoms with E-state index in [1.54, 1.807) is 18.2 Å². The van der Waals surface area contributed by atoms with Crippen molar-refractivity contribution in [2.75, 3.05) is 12.9 Å². The molecule has 1 unspecified atom stereocenters. The minimum absolute atomic E-state index is 0.0186. The van der Waals surface area contributed by atoms with Gasteiger partial charge >= 0.3 is 5.97 Å². The van der Waals surface area contributed by atoms with E-state index in [0.29, 0.717) is 22.5 Å². The molecule has 2 atom stereocenters. The molecule has 0 saturated heterocycles. The van der Waals surface area contributed by atoms with Gasteiger partial charge in [-0.25, -0.2) is 9.78 Å². The highest BCUT2D eigenvalue weighted by Crippen LogP contribution is 2.13. The number of rotatable bonds is 8. The van der Waals surface area contributed by atoms with Crippen LogP contribution in [0.2, 0.25) is 0 Å². The number of nitrogens with zero attached hydrogens (tertiary/aromatic N) is 1. The van der Waals surface area contributed by atoms with Gasteiger partial charge in [0.05, 0.1) is 29.5 Å². The Balaban J connectivity index is 1.93. The number of esters is 1. The van der Waals surface area contributed by atoms with Crippen LogP contribution in [0.3, 0.4) is 0 Å². The zero-order chi connectivity index (χ0) is 19.1. The van der Waals surface area contributed by atoms with Gasteiger partial charge in [-0.1, -0.05) is 32.4 Å². The van der Waals surface area contributed by atoms with Crippen molar-refractivity contribution in [1.29, 1.82) is 0 Å². The number of thioether (sulfide) groups is 1. The smallest absolute Gasteiger partial charge is 0.328 e. The highest BCUT2D eigenvalue weighted by Gasteiger charge is 2.26. The van der Waals surface area contributed by atoms with Crippen molar-refractivity contribution >= 4 is 34.5 Å². The number of H-pyrrole nitrogens is 1. The largest absolute Gasteiger partial charge is 0.467 e. The second-order valence-corrected chi connectivity index (χ2v) is 6.96. The van der Waals surface area contributed by atoms with Crippen molar-refractivity contribution in [2.45, 2.75) is 32.1 Å². The summed E-state index contributed by atoms with van der Waals surface area (Å²) in [5.41, 5.74) is 0.428. The van der Waals surface area contributed by atoms with E-state index in [9.17, 15) is 14.4 Å². The van der Waals surface area contributed by atoms with Crippen molar-refractivity contribution < 1.29 is 14.3 Å². The molecule has 7 nitrogen and oxygen atoms in total. The van der Waals surface area contributed by atoms with E-state index in [0.717, 1.165) is 6.42 Å². The van der Waals surface area contributed by atoms with Gasteiger partial charge in [0.15, 0.2) is 0 Å². The Morgan fingerprint density at radius 1 is 1.35 bits per heavy atom. The number of amides is 1. The van der Waals surface area contributed by atoms with Crippen LogP contribution in [0.1, 0.15) is 26.1 Å². The van der Waals surface area contributed by atoms with Crippen LogP contribution < -0.4 is 10.9 Å². The van der Waals surface area contributed by atoms with Crippen LogP contribution >= 0.6 is 11.8 Å². The minimum atomic E-state index is -0.656. The number of carbonyl (C=O) groups excluding carboxylic acids is 2. The van der Waals surface area contributed by atoms with Gasteiger partial charge in [0.25, 0.3) is 5.56 Å². The summed E-state index contributed by atoms with van der Waals surface area (Å²) in [6.07, 6.45) is 0.745. The van der Waals surface area contributed by atoms with E-state index in [1.807, 2.05) is 19.9 Å². The molecule has 26 heavy (non-hydrogen) atoms. The maximum absolute atomic E-state index is 12.1. The Morgan fingerprint density at radius 2 is 2.08 bits per heavy atom. The maximum Gasteiger partial charge on any atom is 0.328 e. The van der Waals surface area contributed by atoms with E-state index in [2.05, 4.69) is 15.3 Å². The molecule has 140 valence electrons. The highest BCUT2D eigenvalue weighted by molar-refractivity contribution is 7.99. The van der Waals surface area contributed by atoms with Gasteiger partial charge < -0.3 is 15.0 Å². The first-order valence-corrected chi connectivity index (χ1v) is 9.54. The summed E-state index contributed by atoms with van der Waals surface area (Å²) in [4.78, 5) is 43.1. The van der Waals surface area contributed by atoms with E-state index < -0.39 is 12.0 Å². The molecule has 0 radical (unpaired) electrons. The van der Waals surface area contributed by atoms with Crippen molar-refractivity contribution in [3.05, 3.63) is 40.4 Å². The second kappa shape index (κ2) is 9.38. The molecule has 8 heteroatoms. The zero-order valence-corrected chi connectivity index (χ0v) is 15.9. The Morgan fingerprint density at radius 3 is 2.77 bits per heavy atom. The normalized spacial score (nSPS) is 13.2. The molecular formula is C18H23N3O4S. The number of ether oxygens (including phenoxy) is 1. The van der Waals surface area contributed by atoms with Gasteiger partial charge in [-0.05, 0) is 18.1 Å². The average molecular weight is 377 g/mol. The fourth-order valence-corrected chi connectivity index (χ4v) is 3.16. The maximum atomic E-state index is 12.1. The quantitative estimate of drug-likeness (QED) is 0.681. The van der Waals surface area contributed by atoms with Gasteiger partial charge in [0.1, 0.15) is 11.9 Å². The van der Waals surface area contributed by atoms with Gasteiger partial charge in [0.2, 0.25) is 5.91 Å². The summed E-state index contributed by atoms with van der Waals surface area (Å²) in [6.45, 7) is 3.84. The Hall–Kier alpha value is -2.35. The fraction of sp³-hybridized carbons (Fsp3) is 0.444. The average Bonchev–Trinajstić information content (AvgIpc) is 2.65. The lowest BCUT2D eigenvalue weighted by atomic mass is 9.99. The first-order valence-electron chi connectivity index (χ1n) is 8.39. The number of methoxy groups -OCH3 is 1. The van der Waals surface area contributed by atoms with Crippen molar-refractivity contribution in [3.63, 3.8) is 0 Å². The number of carbonyl (C=O) groups is 2. The lowest BCUT2D eigenvalue weighted by Crippen LogP contribution is -2.46. The van der Waals surface area contributed by atoms with E-state index in [1.165, 1.54) is 18.9 Å². The first-order chi connectivity index (χ1) is 12.5. The molecular weight excluding hydrogens is 354 g/mol. The summed E-state index contributed by atoms with van der Waals surface area (Å²) < 4.78 is 4.75. The molecule has 0 aliphatic carbocycles. The highest BCUT2D eigenvalue weighted by atomic mass is 32.2. The van der Waals surface area contributed by atoms with Crippen LogP contribution in [-0.4, -0.2) is 40.7 Å². The Bertz CT molecular complexity index is 837. The molecule has 2 N–H and O–H groups in total. The number of hydrogen-bond donors (Lipinski definition) is 2. The molecule has 2 rings (SSSR count). The standard InChI is InChI=1S/C18H23N3O4S/c1-4-11(2)16(18(24)25-3)21-15(22)10-26-9-14-19-13-8-6-5-7-12(13)17(23)20-14/h5-8,11,16H,4,9-10H2,1-3H3,(H,21,22)(H,19,20,23)/t11?,16-/m1/s1. The van der Waals surface area contributed by atoms with E-state index >= 15 is 0 Å². The summed E-state index contributed by atoms with van der Waals surface area (Å²) in [7, 11) is 1.31. The molecule has 1 aromatic heterocycles. The zero-order valence-electron chi connectivity index (χ0n) is 15.1. The molecule has 1 aromatic carbocycles. The third-order valence-corrected chi connectivity index (χ3v) is 5.06. The predicted octanol–water partition coefficient (Wildman–Crippen LogP) is 1.86. The fourth-order valence-electron chi connectivity index (χ4n) is 2.45. The Kier molecular flexibility index (Phi) is 7.20. The number of aromatic amines is 1. The summed E-state index contributed by atoms with van der Waals surface area (Å²) >= 11 is 1.32. The summed E-state index contributed by atoms with van der Waals surface area (Å²) in [5, 5.41) is 3.25. The van der Waals surface area contributed by atoms with Crippen molar-refractivity contribution in [1.82, 2.24) is 15.3 Å². The molecule has 1 amide bonds. The van der Waals surface area contributed by atoms with E-state index in [-0.39, 0.29) is 23.1 Å². The molecule has 1 heterocycles. The third-order valence-electron chi connectivity index (χ3n) is 4.12. The van der Waals surface area contributed by atoms with Crippen molar-refractivity contribution in [2.24, 2.45) is 5.92 Å². The van der Waals surface area contributed by atoms with Gasteiger partial charge in [-0.15, -0.1) is 11.8 Å². The number of fused-ring (bicyclic) bond motifs is 1. The lowest BCUT2D eigenvalue weighted by Gasteiger charge is -2.21. The van der Waals surface area contributed by atoms with Crippen LogP contribution in [0.5, 0.6) is 0 Å². The number of aromatic nitrogens is 2. The molecule has 0 spiro atoms. The molecule has 2 aromatic rings. The summed E-state index contributed by atoms with van der Waals surface area (Å²) in [6, 6.07) is 6.44. The number of hydrogen-bond acceptors (Lipinski definition) is 6. The van der Waals surface area contributed by atoms with Crippen LogP contribution in [-0.2, 0) is 20.1 Å². The van der Waals surface area contributed by atoms with Crippen LogP contribution in [0.25, 0.3) is 10.9 Å². The predicted molar refractivity (Wildman–Crippen MR) is 102 cm³/mol.